The van der Waals surface area contributed by atoms with Crippen LogP contribution in [0.5, 0.6) is 0 Å². The van der Waals surface area contributed by atoms with Crippen LogP contribution in [0.2, 0.25) is 0 Å². The fraction of sp³-hybridized carbons (Fsp3) is 0.545. The van der Waals surface area contributed by atoms with Crippen molar-refractivity contribution >= 4 is 11.8 Å². The van der Waals surface area contributed by atoms with E-state index in [1.54, 1.807) is 24.1 Å². The molecule has 1 fully saturated rings. The normalized spacial score (nSPS) is 18.6. The van der Waals surface area contributed by atoms with Crippen molar-refractivity contribution in [1.82, 2.24) is 29.8 Å². The Bertz CT molecular complexity index is 648. The average molecular weight is 294 g/mol. The molecule has 0 aliphatic carbocycles. The van der Waals surface area contributed by atoms with Gasteiger partial charge < -0.3 is 9.30 Å². The van der Waals surface area contributed by atoms with Crippen molar-refractivity contribution in [2.24, 2.45) is 7.05 Å². The van der Waals surface area contributed by atoms with Crippen LogP contribution in [0.3, 0.4) is 0 Å². The van der Waals surface area contributed by atoms with Gasteiger partial charge in [0.05, 0.1) is 12.6 Å². The lowest BCUT2D eigenvalue weighted by Crippen LogP contribution is -2.20. The number of tetrazole rings is 1. The highest BCUT2D eigenvalue weighted by Gasteiger charge is 2.20. The van der Waals surface area contributed by atoms with Gasteiger partial charge in [0, 0.05) is 26.0 Å². The number of nitrogens with zero attached hydrogens (tertiary/aromatic N) is 6. The molecule has 1 saturated heterocycles. The molecule has 1 aliphatic rings. The molecule has 2 aromatic heterocycles. The number of hydrogen-bond acceptors (Lipinski definition) is 7. The number of aryl methyl sites for hydroxylation is 1. The Hall–Kier alpha value is -1.74. The van der Waals surface area contributed by atoms with Crippen LogP contribution < -0.4 is 5.56 Å². The Morgan fingerprint density at radius 1 is 1.55 bits per heavy atom. The van der Waals surface area contributed by atoms with Gasteiger partial charge in [0.1, 0.15) is 0 Å². The van der Waals surface area contributed by atoms with E-state index in [-0.39, 0.29) is 11.7 Å². The topological polar surface area (TPSA) is 87.7 Å². The van der Waals surface area contributed by atoms with Gasteiger partial charge in [-0.3, -0.25) is 4.79 Å². The van der Waals surface area contributed by atoms with Crippen molar-refractivity contribution in [3.05, 3.63) is 22.7 Å². The van der Waals surface area contributed by atoms with E-state index in [4.69, 9.17) is 4.74 Å². The molecule has 0 spiro atoms. The number of hydrogen-bond donors (Lipinski definition) is 0. The van der Waals surface area contributed by atoms with Gasteiger partial charge in [-0.25, -0.2) is 9.67 Å². The van der Waals surface area contributed by atoms with Gasteiger partial charge >= 0.3 is 0 Å². The van der Waals surface area contributed by atoms with Crippen LogP contribution in [0.15, 0.2) is 27.4 Å². The Morgan fingerprint density at radius 3 is 3.25 bits per heavy atom. The van der Waals surface area contributed by atoms with Crippen molar-refractivity contribution in [3.63, 3.8) is 0 Å². The molecule has 0 unspecified atom stereocenters. The highest BCUT2D eigenvalue weighted by atomic mass is 32.2. The van der Waals surface area contributed by atoms with Crippen LogP contribution in [0.4, 0.5) is 0 Å². The molecule has 20 heavy (non-hydrogen) atoms. The van der Waals surface area contributed by atoms with Crippen LogP contribution in [0, 0.1) is 0 Å². The molecule has 0 amide bonds. The van der Waals surface area contributed by atoms with E-state index in [9.17, 15) is 4.79 Å². The Balaban J connectivity index is 1.79. The van der Waals surface area contributed by atoms with Gasteiger partial charge in [-0.15, -0.1) is 5.10 Å². The summed E-state index contributed by atoms with van der Waals surface area (Å²) in [7, 11) is 1.68. The maximum absolute atomic E-state index is 11.9. The molecule has 0 radical (unpaired) electrons. The fourth-order valence-electron chi connectivity index (χ4n) is 2.00. The van der Waals surface area contributed by atoms with Gasteiger partial charge in [0.25, 0.3) is 5.56 Å². The summed E-state index contributed by atoms with van der Waals surface area (Å²) in [6, 6.07) is 0. The second-order valence-electron chi connectivity index (χ2n) is 4.53. The number of ether oxygens (including phenoxy) is 1. The molecule has 1 aliphatic heterocycles. The fourth-order valence-corrected chi connectivity index (χ4v) is 2.81. The van der Waals surface area contributed by atoms with Crippen molar-refractivity contribution in [3.8, 4) is 0 Å². The summed E-state index contributed by atoms with van der Waals surface area (Å²) in [6.45, 7) is 1.39. The molecule has 3 heterocycles. The lowest BCUT2D eigenvalue weighted by Gasteiger charge is -2.09. The van der Waals surface area contributed by atoms with Gasteiger partial charge in [0.15, 0.2) is 5.03 Å². The third-order valence-electron chi connectivity index (χ3n) is 3.07. The minimum absolute atomic E-state index is 0.143. The molecule has 0 aromatic carbocycles. The smallest absolute Gasteiger partial charge is 0.283 e. The maximum Gasteiger partial charge on any atom is 0.283 e. The van der Waals surface area contributed by atoms with Crippen LogP contribution in [-0.2, 0) is 18.3 Å². The molecule has 0 bridgehead atoms. The summed E-state index contributed by atoms with van der Waals surface area (Å²) in [4.78, 5) is 16.0. The van der Waals surface area contributed by atoms with E-state index in [0.717, 1.165) is 19.4 Å². The van der Waals surface area contributed by atoms with E-state index in [2.05, 4.69) is 20.5 Å². The summed E-state index contributed by atoms with van der Waals surface area (Å²) in [6.07, 6.45) is 5.41. The van der Waals surface area contributed by atoms with Gasteiger partial charge in [-0.05, 0) is 35.0 Å². The second-order valence-corrected chi connectivity index (χ2v) is 5.49. The molecule has 0 N–H and O–H groups in total. The Kier molecular flexibility index (Phi) is 3.79. The Morgan fingerprint density at radius 2 is 2.45 bits per heavy atom. The highest BCUT2D eigenvalue weighted by Crippen LogP contribution is 2.21. The zero-order chi connectivity index (χ0) is 13.9. The summed E-state index contributed by atoms with van der Waals surface area (Å²) in [5, 5.41) is 12.5. The van der Waals surface area contributed by atoms with Gasteiger partial charge in [-0.1, -0.05) is 0 Å². The summed E-state index contributed by atoms with van der Waals surface area (Å²) in [5.74, 6) is 0. The zero-order valence-corrected chi connectivity index (χ0v) is 11.8. The van der Waals surface area contributed by atoms with Crippen LogP contribution in [0.25, 0.3) is 0 Å². The predicted octanol–water partition coefficient (Wildman–Crippen LogP) is 0.0970. The quantitative estimate of drug-likeness (QED) is 0.790. The van der Waals surface area contributed by atoms with E-state index < -0.39 is 0 Å². The first kappa shape index (κ1) is 13.3. The average Bonchev–Trinajstić information content (AvgIpc) is 3.08. The molecule has 2 aromatic rings. The summed E-state index contributed by atoms with van der Waals surface area (Å²) < 4.78 is 8.70. The first-order valence-corrected chi connectivity index (χ1v) is 7.13. The molecule has 0 saturated carbocycles. The van der Waals surface area contributed by atoms with E-state index in [0.29, 0.717) is 16.7 Å². The SMILES string of the molecule is Cn1ccnc(Sc2nnnn2C[C@@H]2CCCO2)c1=O. The minimum atomic E-state index is -0.163. The minimum Gasteiger partial charge on any atom is -0.376 e. The molecular formula is C11H14N6O2S. The predicted molar refractivity (Wildman–Crippen MR) is 70.4 cm³/mol. The summed E-state index contributed by atoms with van der Waals surface area (Å²) in [5.41, 5.74) is -0.163. The van der Waals surface area contributed by atoms with E-state index >= 15 is 0 Å². The van der Waals surface area contributed by atoms with Crippen LogP contribution in [0.1, 0.15) is 12.8 Å². The first-order chi connectivity index (χ1) is 9.74. The largest absolute Gasteiger partial charge is 0.376 e. The second kappa shape index (κ2) is 5.71. The van der Waals surface area contributed by atoms with Crippen molar-refractivity contribution in [2.45, 2.75) is 35.7 Å². The number of aromatic nitrogens is 6. The lowest BCUT2D eigenvalue weighted by atomic mass is 10.2. The van der Waals surface area contributed by atoms with Gasteiger partial charge in [0.2, 0.25) is 5.16 Å². The lowest BCUT2D eigenvalue weighted by molar-refractivity contribution is 0.0912. The van der Waals surface area contributed by atoms with E-state index in [1.165, 1.54) is 16.3 Å². The van der Waals surface area contributed by atoms with E-state index in [1.807, 2.05) is 0 Å². The first-order valence-electron chi connectivity index (χ1n) is 6.31. The highest BCUT2D eigenvalue weighted by molar-refractivity contribution is 7.99. The third-order valence-corrected chi connectivity index (χ3v) is 4.02. The van der Waals surface area contributed by atoms with Crippen molar-refractivity contribution < 1.29 is 4.74 Å². The Labute approximate surface area is 119 Å². The standard InChI is InChI=1S/C11H14N6O2S/c1-16-5-4-12-9(10(16)18)20-11-13-14-15-17(11)7-8-3-2-6-19-8/h4-5,8H,2-3,6-7H2,1H3/t8-/m0/s1. The monoisotopic (exact) mass is 294 g/mol. The molecule has 8 nitrogen and oxygen atoms in total. The molecule has 1 atom stereocenters. The van der Waals surface area contributed by atoms with Crippen LogP contribution >= 0.6 is 11.8 Å². The summed E-state index contributed by atoms with van der Waals surface area (Å²) >= 11 is 1.17. The third kappa shape index (κ3) is 2.73. The molecule has 106 valence electrons. The molecule has 9 heteroatoms. The maximum atomic E-state index is 11.9. The molecular weight excluding hydrogens is 280 g/mol. The number of rotatable bonds is 4. The van der Waals surface area contributed by atoms with Crippen molar-refractivity contribution in [1.29, 1.82) is 0 Å². The van der Waals surface area contributed by atoms with Crippen molar-refractivity contribution in [2.75, 3.05) is 6.61 Å². The van der Waals surface area contributed by atoms with Crippen LogP contribution in [-0.4, -0.2) is 42.5 Å². The van der Waals surface area contributed by atoms with Gasteiger partial charge in [-0.2, -0.15) is 0 Å². The zero-order valence-electron chi connectivity index (χ0n) is 11.0. The molecule has 3 rings (SSSR count).